The Morgan fingerprint density at radius 1 is 0.588 bits per heavy atom. The lowest BCUT2D eigenvalue weighted by Crippen LogP contribution is -2.15. The summed E-state index contributed by atoms with van der Waals surface area (Å²) in [6.07, 6.45) is 0.834. The molecule has 0 aromatic heterocycles. The topological polar surface area (TPSA) is 47.6 Å². The van der Waals surface area contributed by atoms with Crippen LogP contribution in [0.5, 0.6) is 0 Å². The lowest BCUT2D eigenvalue weighted by molar-refractivity contribution is 0.509. The first-order valence-corrected chi connectivity index (χ1v) is 11.7. The van der Waals surface area contributed by atoms with Crippen LogP contribution in [0.2, 0.25) is 0 Å². The van der Waals surface area contributed by atoms with Crippen LogP contribution in [0, 0.1) is 28.6 Å². The smallest absolute Gasteiger partial charge is 0.0991 e. The van der Waals surface area contributed by atoms with Gasteiger partial charge in [-0.3, -0.25) is 0 Å². The molecule has 166 valence electrons. The van der Waals surface area contributed by atoms with Crippen LogP contribution in [0.1, 0.15) is 64.6 Å². The number of benzene rings is 4. The minimum Gasteiger partial charge on any atom is -0.192 e. The molecular formula is C32H28N2. The monoisotopic (exact) mass is 440 g/mol. The molecule has 0 aliphatic rings. The number of rotatable bonds is 7. The van der Waals surface area contributed by atoms with Crippen molar-refractivity contribution in [3.63, 3.8) is 0 Å². The Morgan fingerprint density at radius 2 is 1.18 bits per heavy atom. The molecule has 34 heavy (non-hydrogen) atoms. The van der Waals surface area contributed by atoms with E-state index in [1.165, 1.54) is 16.7 Å². The van der Waals surface area contributed by atoms with Gasteiger partial charge in [-0.2, -0.15) is 10.5 Å². The van der Waals surface area contributed by atoms with Crippen molar-refractivity contribution in [3.8, 4) is 12.1 Å². The highest BCUT2D eigenvalue weighted by Gasteiger charge is 2.23. The average molecular weight is 441 g/mol. The van der Waals surface area contributed by atoms with Gasteiger partial charge < -0.3 is 0 Å². The van der Waals surface area contributed by atoms with E-state index in [9.17, 15) is 10.5 Å². The Balaban J connectivity index is 1.69. The van der Waals surface area contributed by atoms with Crippen LogP contribution in [0.15, 0.2) is 103 Å². The van der Waals surface area contributed by atoms with Crippen molar-refractivity contribution in [2.45, 2.75) is 32.1 Å². The number of nitriles is 2. The summed E-state index contributed by atoms with van der Waals surface area (Å²) in [5.41, 5.74) is 7.33. The lowest BCUT2D eigenvalue weighted by Gasteiger charge is -2.26. The van der Waals surface area contributed by atoms with Gasteiger partial charge in [0.1, 0.15) is 0 Å². The number of hydrogen-bond acceptors (Lipinski definition) is 2. The summed E-state index contributed by atoms with van der Waals surface area (Å²) in [6.45, 7) is 4.45. The molecule has 0 heterocycles. The summed E-state index contributed by atoms with van der Waals surface area (Å²) in [4.78, 5) is 0. The molecule has 0 amide bonds. The van der Waals surface area contributed by atoms with Gasteiger partial charge in [0.2, 0.25) is 0 Å². The summed E-state index contributed by atoms with van der Waals surface area (Å²) < 4.78 is 0. The highest BCUT2D eigenvalue weighted by Crippen LogP contribution is 2.35. The molecule has 0 aliphatic carbocycles. The second-order valence-electron chi connectivity index (χ2n) is 9.01. The molecule has 0 fully saturated rings. The molecule has 0 N–H and O–H groups in total. The van der Waals surface area contributed by atoms with Gasteiger partial charge in [-0.05, 0) is 64.4 Å². The maximum absolute atomic E-state index is 9.72. The van der Waals surface area contributed by atoms with E-state index >= 15 is 0 Å². The maximum atomic E-state index is 9.72. The van der Waals surface area contributed by atoms with Crippen molar-refractivity contribution in [1.29, 1.82) is 10.5 Å². The Hall–Kier alpha value is -4.14. The molecule has 4 rings (SSSR count). The first kappa shape index (κ1) is 23.0. The molecule has 0 saturated carbocycles. The highest BCUT2D eigenvalue weighted by molar-refractivity contribution is 5.43. The fraction of sp³-hybridized carbons (Fsp3) is 0.188. The van der Waals surface area contributed by atoms with E-state index < -0.39 is 0 Å². The van der Waals surface area contributed by atoms with E-state index in [1.54, 1.807) is 0 Å². The Kier molecular flexibility index (Phi) is 7.22. The zero-order valence-corrected chi connectivity index (χ0v) is 19.6. The summed E-state index contributed by atoms with van der Waals surface area (Å²) in [5, 5.41) is 19.2. The second kappa shape index (κ2) is 10.7. The molecule has 1 unspecified atom stereocenters. The van der Waals surface area contributed by atoms with E-state index in [4.69, 9.17) is 0 Å². The van der Waals surface area contributed by atoms with Crippen molar-refractivity contribution in [1.82, 2.24) is 0 Å². The van der Waals surface area contributed by atoms with Crippen molar-refractivity contribution < 1.29 is 0 Å². The minimum atomic E-state index is 0.148. The third kappa shape index (κ3) is 5.25. The molecule has 4 aromatic carbocycles. The Bertz CT molecular complexity index is 1330. The Labute approximate surface area is 202 Å². The summed E-state index contributed by atoms with van der Waals surface area (Å²) >= 11 is 0. The van der Waals surface area contributed by atoms with Gasteiger partial charge in [0.25, 0.3) is 0 Å². The number of hydrogen-bond donors (Lipinski definition) is 0. The normalized spacial score (nSPS) is 13.3. The van der Waals surface area contributed by atoms with Crippen LogP contribution in [0.3, 0.4) is 0 Å². The van der Waals surface area contributed by atoms with Gasteiger partial charge in [0.15, 0.2) is 0 Å². The van der Waals surface area contributed by atoms with Gasteiger partial charge in [-0.1, -0.05) is 92.7 Å². The summed E-state index contributed by atoms with van der Waals surface area (Å²) in [7, 11) is 0. The first-order valence-electron chi connectivity index (χ1n) is 11.7. The van der Waals surface area contributed by atoms with E-state index in [-0.39, 0.29) is 17.8 Å². The van der Waals surface area contributed by atoms with E-state index in [2.05, 4.69) is 86.6 Å². The third-order valence-electron chi connectivity index (χ3n) is 6.60. The van der Waals surface area contributed by atoms with Crippen LogP contribution >= 0.6 is 0 Å². The van der Waals surface area contributed by atoms with Gasteiger partial charge in [0, 0.05) is 11.8 Å². The van der Waals surface area contributed by atoms with Crippen molar-refractivity contribution >= 4 is 0 Å². The Morgan fingerprint density at radius 3 is 1.82 bits per heavy atom. The van der Waals surface area contributed by atoms with Crippen LogP contribution in [0.25, 0.3) is 0 Å². The quantitative estimate of drug-likeness (QED) is 0.297. The molecule has 3 atom stereocenters. The molecule has 4 aromatic rings. The van der Waals surface area contributed by atoms with E-state index in [0.717, 1.165) is 17.5 Å². The van der Waals surface area contributed by atoms with E-state index in [0.29, 0.717) is 11.1 Å². The first-order chi connectivity index (χ1) is 16.6. The van der Waals surface area contributed by atoms with Crippen LogP contribution in [-0.4, -0.2) is 0 Å². The van der Waals surface area contributed by atoms with Crippen molar-refractivity contribution in [3.05, 3.63) is 142 Å². The van der Waals surface area contributed by atoms with Gasteiger partial charge >= 0.3 is 0 Å². The van der Waals surface area contributed by atoms with Crippen molar-refractivity contribution in [2.24, 2.45) is 5.92 Å². The molecule has 0 saturated heterocycles. The van der Waals surface area contributed by atoms with Crippen LogP contribution in [-0.2, 0) is 6.42 Å². The van der Waals surface area contributed by atoms with Gasteiger partial charge in [0.05, 0.1) is 23.3 Å². The largest absolute Gasteiger partial charge is 0.192 e. The molecule has 0 radical (unpaired) electrons. The lowest BCUT2D eigenvalue weighted by atomic mass is 9.78. The second-order valence-corrected chi connectivity index (χ2v) is 9.01. The zero-order valence-electron chi connectivity index (χ0n) is 19.6. The minimum absolute atomic E-state index is 0.148. The SMILES string of the molecule is CC(Cc1cc(C#N)cc([C@H](C)c2ccccc2)c1)[C@@H](c1ccccc1)c1cccc(C#N)c1. The molecular weight excluding hydrogens is 412 g/mol. The van der Waals surface area contributed by atoms with Crippen LogP contribution in [0.4, 0.5) is 0 Å². The predicted molar refractivity (Wildman–Crippen MR) is 137 cm³/mol. The summed E-state index contributed by atoms with van der Waals surface area (Å²) in [6, 6.07) is 39.8. The molecule has 0 aliphatic heterocycles. The fourth-order valence-corrected chi connectivity index (χ4v) is 4.89. The zero-order chi connectivity index (χ0) is 23.9. The maximum Gasteiger partial charge on any atom is 0.0991 e. The molecule has 0 spiro atoms. The molecule has 0 bridgehead atoms. The number of nitrogens with zero attached hydrogens (tertiary/aromatic N) is 2. The van der Waals surface area contributed by atoms with E-state index in [1.807, 2.05) is 42.5 Å². The third-order valence-corrected chi connectivity index (χ3v) is 6.60. The van der Waals surface area contributed by atoms with Gasteiger partial charge in [-0.25, -0.2) is 0 Å². The molecule has 2 nitrogen and oxygen atoms in total. The highest BCUT2D eigenvalue weighted by atomic mass is 14.3. The standard InChI is InChI=1S/C32H28N2/c1-23(32(29-13-7-4-8-14-29)30-15-9-10-25(18-30)21-33)16-26-17-27(22-34)20-31(19-26)24(2)28-11-5-3-6-12-28/h3-15,17-20,23-24,32H,16H2,1-2H3/t23?,24-,32+/m1/s1. The van der Waals surface area contributed by atoms with Crippen LogP contribution < -0.4 is 0 Å². The average Bonchev–Trinajstić information content (AvgIpc) is 2.89. The predicted octanol–water partition coefficient (Wildman–Crippen LogP) is 7.59. The fourth-order valence-electron chi connectivity index (χ4n) is 4.89. The van der Waals surface area contributed by atoms with Gasteiger partial charge in [-0.15, -0.1) is 0 Å². The van der Waals surface area contributed by atoms with Crippen molar-refractivity contribution in [2.75, 3.05) is 0 Å². The molecule has 2 heteroatoms. The summed E-state index contributed by atoms with van der Waals surface area (Å²) in [5.74, 6) is 0.626.